The van der Waals surface area contributed by atoms with E-state index in [1.165, 1.54) is 0 Å². The van der Waals surface area contributed by atoms with Gasteiger partial charge in [-0.1, -0.05) is 0 Å². The molecule has 0 aliphatic carbocycles. The fourth-order valence-corrected chi connectivity index (χ4v) is 1.83. The maximum absolute atomic E-state index is 11.3. The van der Waals surface area contributed by atoms with E-state index in [-0.39, 0.29) is 5.91 Å². The smallest absolute Gasteiger partial charge is 0.221 e. The molecule has 1 amide bonds. The van der Waals surface area contributed by atoms with Gasteiger partial charge in [0, 0.05) is 30.6 Å². The second kappa shape index (κ2) is 6.04. The average Bonchev–Trinajstić information content (AvgIpc) is 2.39. The molecule has 0 atom stereocenters. The van der Waals surface area contributed by atoms with Crippen LogP contribution in [0.1, 0.15) is 13.3 Å². The lowest BCUT2D eigenvalue weighted by atomic mass is 10.2. The lowest BCUT2D eigenvalue weighted by molar-refractivity contribution is -0.120. The topological polar surface area (TPSA) is 80.0 Å². The highest BCUT2D eigenvalue weighted by atomic mass is 16.1. The average molecular weight is 258 g/mol. The SMILES string of the molecule is CCNC(=O)CCNc1ccc2cc(N)ccc2n1. The summed E-state index contributed by atoms with van der Waals surface area (Å²) in [6.07, 6.45) is 0.440. The fourth-order valence-electron chi connectivity index (χ4n) is 1.83. The minimum Gasteiger partial charge on any atom is -0.399 e. The summed E-state index contributed by atoms with van der Waals surface area (Å²) >= 11 is 0. The van der Waals surface area contributed by atoms with Gasteiger partial charge in [0.1, 0.15) is 5.82 Å². The molecule has 0 saturated carbocycles. The second-order valence-corrected chi connectivity index (χ2v) is 4.28. The highest BCUT2D eigenvalue weighted by Crippen LogP contribution is 2.17. The summed E-state index contributed by atoms with van der Waals surface area (Å²) in [5.74, 6) is 0.810. The number of anilines is 2. The van der Waals surface area contributed by atoms with Crippen molar-refractivity contribution in [1.29, 1.82) is 0 Å². The second-order valence-electron chi connectivity index (χ2n) is 4.28. The first kappa shape index (κ1) is 13.1. The number of fused-ring (bicyclic) bond motifs is 1. The molecule has 5 nitrogen and oxygen atoms in total. The third kappa shape index (κ3) is 3.58. The van der Waals surface area contributed by atoms with Gasteiger partial charge in [0.25, 0.3) is 0 Å². The van der Waals surface area contributed by atoms with E-state index in [4.69, 9.17) is 5.73 Å². The largest absolute Gasteiger partial charge is 0.399 e. The van der Waals surface area contributed by atoms with Crippen molar-refractivity contribution in [3.05, 3.63) is 30.3 Å². The molecule has 0 aliphatic rings. The van der Waals surface area contributed by atoms with Crippen LogP contribution < -0.4 is 16.4 Å². The number of nitrogen functional groups attached to an aromatic ring is 1. The van der Waals surface area contributed by atoms with Crippen LogP contribution in [0.25, 0.3) is 10.9 Å². The number of aromatic nitrogens is 1. The van der Waals surface area contributed by atoms with Gasteiger partial charge in [-0.25, -0.2) is 4.98 Å². The number of amides is 1. The number of nitrogens with two attached hydrogens (primary N) is 1. The summed E-state index contributed by atoms with van der Waals surface area (Å²) in [5, 5.41) is 6.90. The normalized spacial score (nSPS) is 10.4. The van der Waals surface area contributed by atoms with Gasteiger partial charge < -0.3 is 16.4 Å². The Kier molecular flexibility index (Phi) is 4.18. The lowest BCUT2D eigenvalue weighted by Gasteiger charge is -2.07. The van der Waals surface area contributed by atoms with Gasteiger partial charge >= 0.3 is 0 Å². The highest BCUT2D eigenvalue weighted by Gasteiger charge is 2.01. The summed E-state index contributed by atoms with van der Waals surface area (Å²) in [4.78, 5) is 15.8. The molecule has 1 heterocycles. The van der Waals surface area contributed by atoms with Crippen molar-refractivity contribution in [1.82, 2.24) is 10.3 Å². The minimum atomic E-state index is 0.0450. The van der Waals surface area contributed by atoms with E-state index in [2.05, 4.69) is 15.6 Å². The number of hydrogen-bond donors (Lipinski definition) is 3. The molecule has 2 rings (SSSR count). The lowest BCUT2D eigenvalue weighted by Crippen LogP contribution is -2.24. The predicted molar refractivity (Wildman–Crippen MR) is 77.9 cm³/mol. The molecule has 0 unspecified atom stereocenters. The molecular formula is C14H18N4O. The number of rotatable bonds is 5. The number of carbonyl (C=O) groups is 1. The first-order valence-corrected chi connectivity index (χ1v) is 6.36. The first-order valence-electron chi connectivity index (χ1n) is 6.36. The number of carbonyl (C=O) groups excluding carboxylic acids is 1. The predicted octanol–water partition coefficient (Wildman–Crippen LogP) is 1.76. The standard InChI is InChI=1S/C14H18N4O/c1-2-16-14(19)7-8-17-13-6-3-10-9-11(15)4-5-12(10)18-13/h3-6,9H,2,7-8,15H2,1H3,(H,16,19)(H,17,18). The van der Waals surface area contributed by atoms with Crippen molar-refractivity contribution in [3.8, 4) is 0 Å². The van der Waals surface area contributed by atoms with Crippen LogP contribution in [0, 0.1) is 0 Å². The van der Waals surface area contributed by atoms with Crippen LogP contribution in [0.2, 0.25) is 0 Å². The van der Waals surface area contributed by atoms with Crippen LogP contribution in [0.4, 0.5) is 11.5 Å². The van der Waals surface area contributed by atoms with E-state index in [1.807, 2.05) is 37.3 Å². The van der Waals surface area contributed by atoms with Gasteiger partial charge in [0.05, 0.1) is 5.52 Å². The Morgan fingerprint density at radius 1 is 1.32 bits per heavy atom. The third-order valence-corrected chi connectivity index (χ3v) is 2.75. The molecule has 4 N–H and O–H groups in total. The number of nitrogens with zero attached hydrogens (tertiary/aromatic N) is 1. The number of nitrogens with one attached hydrogen (secondary N) is 2. The Morgan fingerprint density at radius 3 is 2.95 bits per heavy atom. The van der Waals surface area contributed by atoms with Gasteiger partial charge in [-0.05, 0) is 37.3 Å². The Balaban J connectivity index is 1.98. The van der Waals surface area contributed by atoms with Gasteiger partial charge in [-0.3, -0.25) is 4.79 Å². The number of hydrogen-bond acceptors (Lipinski definition) is 4. The van der Waals surface area contributed by atoms with Crippen LogP contribution in [0.3, 0.4) is 0 Å². The quantitative estimate of drug-likeness (QED) is 0.714. The highest BCUT2D eigenvalue weighted by molar-refractivity contribution is 5.83. The van der Waals surface area contributed by atoms with Gasteiger partial charge in [0.15, 0.2) is 0 Å². The minimum absolute atomic E-state index is 0.0450. The van der Waals surface area contributed by atoms with Crippen molar-refractivity contribution < 1.29 is 4.79 Å². The van der Waals surface area contributed by atoms with E-state index < -0.39 is 0 Å². The molecule has 0 fully saturated rings. The summed E-state index contributed by atoms with van der Waals surface area (Å²) in [5.41, 5.74) is 7.33. The summed E-state index contributed by atoms with van der Waals surface area (Å²) in [7, 11) is 0. The molecule has 1 aromatic heterocycles. The van der Waals surface area contributed by atoms with E-state index in [1.54, 1.807) is 0 Å². The van der Waals surface area contributed by atoms with Gasteiger partial charge in [0.2, 0.25) is 5.91 Å². The van der Waals surface area contributed by atoms with E-state index in [0.717, 1.165) is 22.4 Å². The third-order valence-electron chi connectivity index (χ3n) is 2.75. The molecule has 0 aliphatic heterocycles. The Bertz CT molecular complexity index is 583. The van der Waals surface area contributed by atoms with Crippen molar-refractivity contribution in [3.63, 3.8) is 0 Å². The molecular weight excluding hydrogens is 240 g/mol. The monoisotopic (exact) mass is 258 g/mol. The molecule has 2 aromatic rings. The maximum atomic E-state index is 11.3. The zero-order valence-corrected chi connectivity index (χ0v) is 10.9. The zero-order chi connectivity index (χ0) is 13.7. The van der Waals surface area contributed by atoms with Crippen LogP contribution in [-0.4, -0.2) is 24.0 Å². The summed E-state index contributed by atoms with van der Waals surface area (Å²) in [6.45, 7) is 3.13. The van der Waals surface area contributed by atoms with Crippen LogP contribution in [0.15, 0.2) is 30.3 Å². The molecule has 0 radical (unpaired) electrons. The molecule has 0 bridgehead atoms. The Hall–Kier alpha value is -2.30. The Labute approximate surface area is 112 Å². The molecule has 0 spiro atoms. The first-order chi connectivity index (χ1) is 9.19. The van der Waals surface area contributed by atoms with Crippen molar-refractivity contribution >= 4 is 28.3 Å². The van der Waals surface area contributed by atoms with Crippen molar-refractivity contribution in [2.24, 2.45) is 0 Å². The van der Waals surface area contributed by atoms with Crippen molar-refractivity contribution in [2.45, 2.75) is 13.3 Å². The molecule has 1 aromatic carbocycles. The Morgan fingerprint density at radius 2 is 2.16 bits per heavy atom. The molecule has 100 valence electrons. The van der Waals surface area contributed by atoms with Crippen LogP contribution in [0.5, 0.6) is 0 Å². The number of benzene rings is 1. The number of pyridine rings is 1. The maximum Gasteiger partial charge on any atom is 0.221 e. The van der Waals surface area contributed by atoms with Crippen LogP contribution in [-0.2, 0) is 4.79 Å². The van der Waals surface area contributed by atoms with Crippen LogP contribution >= 0.6 is 0 Å². The van der Waals surface area contributed by atoms with E-state index in [9.17, 15) is 4.79 Å². The summed E-state index contributed by atoms with van der Waals surface area (Å²) < 4.78 is 0. The van der Waals surface area contributed by atoms with Crippen molar-refractivity contribution in [2.75, 3.05) is 24.1 Å². The molecule has 0 saturated heterocycles. The summed E-state index contributed by atoms with van der Waals surface area (Å²) in [6, 6.07) is 9.46. The van der Waals surface area contributed by atoms with Gasteiger partial charge in [-0.2, -0.15) is 0 Å². The zero-order valence-electron chi connectivity index (χ0n) is 10.9. The molecule has 5 heteroatoms. The fraction of sp³-hybridized carbons (Fsp3) is 0.286. The van der Waals surface area contributed by atoms with Gasteiger partial charge in [-0.15, -0.1) is 0 Å². The molecule has 19 heavy (non-hydrogen) atoms. The van der Waals surface area contributed by atoms with E-state index >= 15 is 0 Å². The van der Waals surface area contributed by atoms with E-state index in [0.29, 0.717) is 19.5 Å².